The standard InChI is InChI=1S/C20H29N5S.HI/c1-3-21-20(23-13-19-16(2)24-15-26-19)22-12-17-6-8-18(9-7-17)14-25-10-4-5-11-25;/h6-9,15H,3-5,10-14H2,1-2H3,(H2,21,22,23);1H. The number of benzene rings is 1. The Kier molecular flexibility index (Phi) is 9.50. The van der Waals surface area contributed by atoms with Gasteiger partial charge in [0.05, 0.1) is 24.3 Å². The second-order valence-corrected chi connectivity index (χ2v) is 7.65. The average Bonchev–Trinajstić information content (AvgIpc) is 3.30. The molecule has 0 aliphatic carbocycles. The fraction of sp³-hybridized carbons (Fsp3) is 0.500. The van der Waals surface area contributed by atoms with Gasteiger partial charge in [-0.05, 0) is 50.9 Å². The van der Waals surface area contributed by atoms with Gasteiger partial charge in [-0.2, -0.15) is 0 Å². The number of thiazole rings is 1. The van der Waals surface area contributed by atoms with Crippen molar-refractivity contribution in [1.82, 2.24) is 20.5 Å². The number of aryl methyl sites for hydroxylation is 1. The molecule has 1 aliphatic rings. The van der Waals surface area contributed by atoms with Crippen molar-refractivity contribution in [2.45, 2.75) is 46.3 Å². The van der Waals surface area contributed by atoms with Crippen molar-refractivity contribution in [1.29, 1.82) is 0 Å². The first-order valence-corrected chi connectivity index (χ1v) is 10.3. The van der Waals surface area contributed by atoms with Crippen molar-refractivity contribution >= 4 is 41.3 Å². The van der Waals surface area contributed by atoms with Crippen molar-refractivity contribution in [2.75, 3.05) is 19.6 Å². The second-order valence-electron chi connectivity index (χ2n) is 6.71. The number of aromatic nitrogens is 1. The fourth-order valence-electron chi connectivity index (χ4n) is 3.12. The molecule has 2 N–H and O–H groups in total. The van der Waals surface area contributed by atoms with Gasteiger partial charge in [-0.3, -0.25) is 4.90 Å². The zero-order chi connectivity index (χ0) is 18.2. The lowest BCUT2D eigenvalue weighted by Crippen LogP contribution is -2.36. The molecule has 5 nitrogen and oxygen atoms in total. The van der Waals surface area contributed by atoms with Gasteiger partial charge in [-0.15, -0.1) is 35.3 Å². The van der Waals surface area contributed by atoms with E-state index in [1.54, 1.807) is 11.3 Å². The Bertz CT molecular complexity index is 707. The topological polar surface area (TPSA) is 52.6 Å². The van der Waals surface area contributed by atoms with E-state index in [1.807, 2.05) is 12.4 Å². The summed E-state index contributed by atoms with van der Waals surface area (Å²) >= 11 is 1.68. The molecule has 0 radical (unpaired) electrons. The molecule has 1 saturated heterocycles. The highest BCUT2D eigenvalue weighted by Gasteiger charge is 2.11. The number of nitrogens with one attached hydrogen (secondary N) is 2. The van der Waals surface area contributed by atoms with Crippen LogP contribution in [0.4, 0.5) is 0 Å². The highest BCUT2D eigenvalue weighted by atomic mass is 127. The van der Waals surface area contributed by atoms with Crippen molar-refractivity contribution in [3.05, 3.63) is 51.5 Å². The first kappa shape index (κ1) is 22.1. The molecule has 0 bridgehead atoms. The van der Waals surface area contributed by atoms with Crippen LogP contribution >= 0.6 is 35.3 Å². The molecule has 1 aromatic heterocycles. The maximum absolute atomic E-state index is 4.71. The molecule has 7 heteroatoms. The number of likely N-dealkylation sites (tertiary alicyclic amines) is 1. The van der Waals surface area contributed by atoms with Gasteiger partial charge in [0.2, 0.25) is 0 Å². The molecule has 1 aliphatic heterocycles. The largest absolute Gasteiger partial charge is 0.357 e. The van der Waals surface area contributed by atoms with Gasteiger partial charge in [0.1, 0.15) is 0 Å². The molecule has 1 aromatic carbocycles. The van der Waals surface area contributed by atoms with Crippen LogP contribution in [0.2, 0.25) is 0 Å². The average molecular weight is 499 g/mol. The van der Waals surface area contributed by atoms with Crippen LogP contribution in [-0.2, 0) is 19.6 Å². The third-order valence-electron chi connectivity index (χ3n) is 4.65. The van der Waals surface area contributed by atoms with Crippen LogP contribution in [0, 0.1) is 6.92 Å². The summed E-state index contributed by atoms with van der Waals surface area (Å²) in [5.41, 5.74) is 5.61. The smallest absolute Gasteiger partial charge is 0.191 e. The quantitative estimate of drug-likeness (QED) is 0.345. The van der Waals surface area contributed by atoms with Gasteiger partial charge in [0, 0.05) is 18.0 Å². The zero-order valence-corrected chi connectivity index (χ0v) is 19.3. The molecule has 27 heavy (non-hydrogen) atoms. The molecule has 2 aromatic rings. The van der Waals surface area contributed by atoms with Crippen LogP contribution in [-0.4, -0.2) is 35.5 Å². The number of nitrogens with zero attached hydrogens (tertiary/aromatic N) is 3. The second kappa shape index (κ2) is 11.6. The number of halogens is 1. The predicted molar refractivity (Wildman–Crippen MR) is 125 cm³/mol. The molecule has 148 valence electrons. The summed E-state index contributed by atoms with van der Waals surface area (Å²) < 4.78 is 0. The fourth-order valence-corrected chi connectivity index (χ4v) is 3.84. The summed E-state index contributed by atoms with van der Waals surface area (Å²) in [5, 5.41) is 6.71. The summed E-state index contributed by atoms with van der Waals surface area (Å²) in [7, 11) is 0. The number of hydrogen-bond acceptors (Lipinski definition) is 4. The molecule has 0 unspecified atom stereocenters. The molecule has 0 atom stereocenters. The number of guanidine groups is 1. The Hall–Kier alpha value is -1.19. The summed E-state index contributed by atoms with van der Waals surface area (Å²) in [6.07, 6.45) is 2.68. The minimum Gasteiger partial charge on any atom is -0.357 e. The van der Waals surface area contributed by atoms with Crippen LogP contribution < -0.4 is 10.6 Å². The van der Waals surface area contributed by atoms with Crippen molar-refractivity contribution in [2.24, 2.45) is 4.99 Å². The SMILES string of the molecule is CCNC(=NCc1ccc(CN2CCCC2)cc1)NCc1scnc1C.I. The van der Waals surface area contributed by atoms with E-state index in [0.29, 0.717) is 6.54 Å². The molecular weight excluding hydrogens is 469 g/mol. The van der Waals surface area contributed by atoms with Gasteiger partial charge in [0.25, 0.3) is 0 Å². The van der Waals surface area contributed by atoms with E-state index in [2.05, 4.69) is 51.7 Å². The highest BCUT2D eigenvalue weighted by Crippen LogP contribution is 2.14. The van der Waals surface area contributed by atoms with Crippen molar-refractivity contribution < 1.29 is 0 Å². The lowest BCUT2D eigenvalue weighted by Gasteiger charge is -2.14. The van der Waals surface area contributed by atoms with Gasteiger partial charge < -0.3 is 10.6 Å². The number of rotatable bonds is 7. The Labute approximate surface area is 183 Å². The first-order chi connectivity index (χ1) is 12.7. The molecule has 2 heterocycles. The molecule has 0 amide bonds. The molecular formula is C20H30IN5S. The van der Waals surface area contributed by atoms with E-state index >= 15 is 0 Å². The lowest BCUT2D eigenvalue weighted by atomic mass is 10.1. The van der Waals surface area contributed by atoms with Crippen LogP contribution in [0.5, 0.6) is 0 Å². The van der Waals surface area contributed by atoms with E-state index in [4.69, 9.17) is 4.99 Å². The maximum atomic E-state index is 4.71. The van der Waals surface area contributed by atoms with Crippen LogP contribution in [0.1, 0.15) is 41.5 Å². The van der Waals surface area contributed by atoms with Gasteiger partial charge >= 0.3 is 0 Å². The van der Waals surface area contributed by atoms with Crippen molar-refractivity contribution in [3.8, 4) is 0 Å². The minimum atomic E-state index is 0. The Balaban J connectivity index is 0.00000261. The van der Waals surface area contributed by atoms with Crippen LogP contribution in [0.15, 0.2) is 34.8 Å². The zero-order valence-electron chi connectivity index (χ0n) is 16.2. The van der Waals surface area contributed by atoms with Gasteiger partial charge in [-0.1, -0.05) is 24.3 Å². The molecule has 3 rings (SSSR count). The lowest BCUT2D eigenvalue weighted by molar-refractivity contribution is 0.331. The monoisotopic (exact) mass is 499 g/mol. The highest BCUT2D eigenvalue weighted by molar-refractivity contribution is 14.0. The summed E-state index contributed by atoms with van der Waals surface area (Å²) in [4.78, 5) is 12.8. The van der Waals surface area contributed by atoms with E-state index < -0.39 is 0 Å². The summed E-state index contributed by atoms with van der Waals surface area (Å²) in [5.74, 6) is 0.849. The normalized spacial score (nSPS) is 14.8. The Morgan fingerprint density at radius 2 is 1.85 bits per heavy atom. The molecule has 0 spiro atoms. The number of aliphatic imine (C=N–C) groups is 1. The van der Waals surface area contributed by atoms with Gasteiger partial charge in [0.15, 0.2) is 5.96 Å². The third-order valence-corrected chi connectivity index (χ3v) is 5.59. The van der Waals surface area contributed by atoms with Crippen LogP contribution in [0.25, 0.3) is 0 Å². The summed E-state index contributed by atoms with van der Waals surface area (Å²) in [6, 6.07) is 8.88. The summed E-state index contributed by atoms with van der Waals surface area (Å²) in [6.45, 7) is 9.97. The first-order valence-electron chi connectivity index (χ1n) is 9.46. The maximum Gasteiger partial charge on any atom is 0.191 e. The van der Waals surface area contributed by atoms with E-state index in [0.717, 1.165) is 31.3 Å². The third kappa shape index (κ3) is 7.04. The van der Waals surface area contributed by atoms with E-state index in [1.165, 1.54) is 41.9 Å². The van der Waals surface area contributed by atoms with Crippen LogP contribution in [0.3, 0.4) is 0 Å². The Morgan fingerprint density at radius 1 is 1.15 bits per heavy atom. The van der Waals surface area contributed by atoms with Gasteiger partial charge in [-0.25, -0.2) is 9.98 Å². The van der Waals surface area contributed by atoms with E-state index in [9.17, 15) is 0 Å². The molecule has 1 fully saturated rings. The minimum absolute atomic E-state index is 0. The van der Waals surface area contributed by atoms with E-state index in [-0.39, 0.29) is 24.0 Å². The Morgan fingerprint density at radius 3 is 2.48 bits per heavy atom. The predicted octanol–water partition coefficient (Wildman–Crippen LogP) is 3.92. The van der Waals surface area contributed by atoms with Crippen molar-refractivity contribution in [3.63, 3.8) is 0 Å². The number of hydrogen-bond donors (Lipinski definition) is 2. The molecule has 0 saturated carbocycles.